The van der Waals surface area contributed by atoms with Crippen LogP contribution in [0.4, 0.5) is 0 Å². The quantitative estimate of drug-likeness (QED) is 0.616. The Morgan fingerprint density at radius 2 is 2.29 bits per heavy atom. The summed E-state index contributed by atoms with van der Waals surface area (Å²) in [7, 11) is 1.51. The summed E-state index contributed by atoms with van der Waals surface area (Å²) >= 11 is 0. The molecule has 6 heteroatoms. The molecule has 0 aliphatic heterocycles. The van der Waals surface area contributed by atoms with Crippen LogP contribution in [0.1, 0.15) is 18.5 Å². The molecule has 0 saturated carbocycles. The zero-order chi connectivity index (χ0) is 12.8. The van der Waals surface area contributed by atoms with Gasteiger partial charge < -0.3 is 10.1 Å². The maximum Gasteiger partial charge on any atom is 0.227 e. The summed E-state index contributed by atoms with van der Waals surface area (Å²) in [6.07, 6.45) is 0. The highest BCUT2D eigenvalue weighted by Gasteiger charge is 2.18. The predicted molar refractivity (Wildman–Crippen MR) is 61.4 cm³/mol. The second kappa shape index (κ2) is 5.83. The van der Waals surface area contributed by atoms with Gasteiger partial charge in [-0.3, -0.25) is 14.9 Å². The minimum Gasteiger partial charge on any atom is -0.497 e. The van der Waals surface area contributed by atoms with Crippen LogP contribution in [0.5, 0.6) is 5.75 Å². The average molecular weight is 238 g/mol. The van der Waals surface area contributed by atoms with E-state index in [9.17, 15) is 14.9 Å². The van der Waals surface area contributed by atoms with Gasteiger partial charge in [-0.25, -0.2) is 0 Å². The standard InChI is InChI=1S/C11H14N2O4/c1-8(14)12-11(7-13(15)16)9-4-3-5-10(6-9)17-2/h3-6,11H,7H2,1-2H3,(H,12,14)/t11-/m0/s1. The number of carbonyl (C=O) groups excluding carboxylic acids is 1. The van der Waals surface area contributed by atoms with Gasteiger partial charge in [0.2, 0.25) is 12.5 Å². The third kappa shape index (κ3) is 4.10. The molecule has 1 amide bonds. The summed E-state index contributed by atoms with van der Waals surface area (Å²) in [4.78, 5) is 21.1. The number of nitrogens with one attached hydrogen (secondary N) is 1. The number of nitro groups is 1. The summed E-state index contributed by atoms with van der Waals surface area (Å²) in [5.74, 6) is 0.292. The first-order valence-electron chi connectivity index (χ1n) is 5.05. The largest absolute Gasteiger partial charge is 0.497 e. The van der Waals surface area contributed by atoms with Crippen LogP contribution in [-0.2, 0) is 4.79 Å². The predicted octanol–water partition coefficient (Wildman–Crippen LogP) is 1.15. The smallest absolute Gasteiger partial charge is 0.227 e. The van der Waals surface area contributed by atoms with E-state index in [1.54, 1.807) is 24.3 Å². The zero-order valence-corrected chi connectivity index (χ0v) is 9.67. The van der Waals surface area contributed by atoms with Crippen molar-refractivity contribution < 1.29 is 14.5 Å². The van der Waals surface area contributed by atoms with Crippen molar-refractivity contribution in [3.63, 3.8) is 0 Å². The molecule has 1 N–H and O–H groups in total. The van der Waals surface area contributed by atoms with Crippen molar-refractivity contribution in [2.75, 3.05) is 13.7 Å². The fourth-order valence-electron chi connectivity index (χ4n) is 1.49. The van der Waals surface area contributed by atoms with Crippen LogP contribution in [0, 0.1) is 10.1 Å². The first-order chi connectivity index (χ1) is 8.02. The maximum atomic E-state index is 11.0. The van der Waals surface area contributed by atoms with Crippen molar-refractivity contribution in [3.05, 3.63) is 39.9 Å². The molecule has 1 rings (SSSR count). The Morgan fingerprint density at radius 3 is 2.82 bits per heavy atom. The number of hydrogen-bond donors (Lipinski definition) is 1. The molecule has 92 valence electrons. The molecular formula is C11H14N2O4. The topological polar surface area (TPSA) is 81.5 Å². The Balaban J connectivity index is 2.94. The van der Waals surface area contributed by atoms with Crippen LogP contribution in [0.25, 0.3) is 0 Å². The molecule has 0 aliphatic carbocycles. The van der Waals surface area contributed by atoms with E-state index >= 15 is 0 Å². The van der Waals surface area contributed by atoms with Crippen molar-refractivity contribution in [2.45, 2.75) is 13.0 Å². The molecule has 0 radical (unpaired) electrons. The van der Waals surface area contributed by atoms with Gasteiger partial charge in [0.1, 0.15) is 11.8 Å². The third-order valence-electron chi connectivity index (χ3n) is 2.21. The lowest BCUT2D eigenvalue weighted by molar-refractivity contribution is -0.484. The molecule has 0 heterocycles. The van der Waals surface area contributed by atoms with Gasteiger partial charge in [0.15, 0.2) is 0 Å². The van der Waals surface area contributed by atoms with E-state index in [2.05, 4.69) is 5.32 Å². The second-order valence-corrected chi connectivity index (χ2v) is 3.55. The summed E-state index contributed by atoms with van der Waals surface area (Å²) in [5, 5.41) is 13.1. The molecule has 0 spiro atoms. The molecule has 0 unspecified atom stereocenters. The minimum absolute atomic E-state index is 0.306. The Morgan fingerprint density at radius 1 is 1.59 bits per heavy atom. The van der Waals surface area contributed by atoms with Crippen LogP contribution in [-0.4, -0.2) is 24.5 Å². The summed E-state index contributed by atoms with van der Waals surface area (Å²) in [6.45, 7) is 0.972. The van der Waals surface area contributed by atoms with Gasteiger partial charge >= 0.3 is 0 Å². The van der Waals surface area contributed by atoms with Gasteiger partial charge in [-0.15, -0.1) is 0 Å². The fraction of sp³-hybridized carbons (Fsp3) is 0.364. The molecule has 1 atom stereocenters. The minimum atomic E-state index is -0.641. The Labute approximate surface area is 98.7 Å². The molecule has 0 saturated heterocycles. The van der Waals surface area contributed by atoms with Crippen LogP contribution in [0.2, 0.25) is 0 Å². The van der Waals surface area contributed by atoms with Crippen LogP contribution >= 0.6 is 0 Å². The third-order valence-corrected chi connectivity index (χ3v) is 2.21. The number of nitrogens with zero attached hydrogens (tertiary/aromatic N) is 1. The van der Waals surface area contributed by atoms with Crippen molar-refractivity contribution in [2.24, 2.45) is 0 Å². The Bertz CT molecular complexity index is 404. The van der Waals surface area contributed by atoms with Crippen LogP contribution in [0.15, 0.2) is 24.3 Å². The van der Waals surface area contributed by atoms with Crippen LogP contribution < -0.4 is 10.1 Å². The van der Waals surface area contributed by atoms with E-state index in [4.69, 9.17) is 4.74 Å². The number of carbonyl (C=O) groups is 1. The molecule has 6 nitrogen and oxygen atoms in total. The first kappa shape index (κ1) is 13.0. The Kier molecular flexibility index (Phi) is 4.45. The van der Waals surface area contributed by atoms with E-state index in [0.29, 0.717) is 11.3 Å². The number of ether oxygens (including phenoxy) is 1. The van der Waals surface area contributed by atoms with Gasteiger partial charge in [0.25, 0.3) is 0 Å². The molecule has 0 aromatic heterocycles. The van der Waals surface area contributed by atoms with Gasteiger partial charge in [0.05, 0.1) is 7.11 Å². The van der Waals surface area contributed by atoms with Crippen molar-refractivity contribution >= 4 is 5.91 Å². The highest BCUT2D eigenvalue weighted by Crippen LogP contribution is 2.19. The summed E-state index contributed by atoms with van der Waals surface area (Å²) < 4.78 is 5.03. The van der Waals surface area contributed by atoms with Crippen molar-refractivity contribution in [1.29, 1.82) is 0 Å². The van der Waals surface area contributed by atoms with E-state index in [1.807, 2.05) is 0 Å². The number of hydrogen-bond acceptors (Lipinski definition) is 4. The molecule has 0 aliphatic rings. The van der Waals surface area contributed by atoms with E-state index in [-0.39, 0.29) is 12.5 Å². The zero-order valence-electron chi connectivity index (χ0n) is 9.67. The van der Waals surface area contributed by atoms with Gasteiger partial charge in [-0.05, 0) is 17.7 Å². The maximum absolute atomic E-state index is 11.0. The Hall–Kier alpha value is -2.11. The number of benzene rings is 1. The normalized spacial score (nSPS) is 11.6. The number of amides is 1. The molecule has 1 aromatic carbocycles. The number of rotatable bonds is 5. The number of methoxy groups -OCH3 is 1. The van der Waals surface area contributed by atoms with Crippen molar-refractivity contribution in [1.82, 2.24) is 5.32 Å². The fourth-order valence-corrected chi connectivity index (χ4v) is 1.49. The molecular weight excluding hydrogens is 224 g/mol. The SMILES string of the molecule is COc1cccc([C@H](C[N+](=O)[O-])NC(C)=O)c1. The second-order valence-electron chi connectivity index (χ2n) is 3.55. The van der Waals surface area contributed by atoms with Crippen LogP contribution in [0.3, 0.4) is 0 Å². The lowest BCUT2D eigenvalue weighted by atomic mass is 10.1. The molecule has 1 aromatic rings. The van der Waals surface area contributed by atoms with Crippen molar-refractivity contribution in [3.8, 4) is 5.75 Å². The van der Waals surface area contributed by atoms with E-state index in [1.165, 1.54) is 14.0 Å². The van der Waals surface area contributed by atoms with Gasteiger partial charge in [0, 0.05) is 11.8 Å². The summed E-state index contributed by atoms with van der Waals surface area (Å²) in [5.41, 5.74) is 0.649. The average Bonchev–Trinajstić information content (AvgIpc) is 2.27. The van der Waals surface area contributed by atoms with E-state index < -0.39 is 11.0 Å². The van der Waals surface area contributed by atoms with Gasteiger partial charge in [-0.1, -0.05) is 12.1 Å². The van der Waals surface area contributed by atoms with E-state index in [0.717, 1.165) is 0 Å². The van der Waals surface area contributed by atoms with Gasteiger partial charge in [-0.2, -0.15) is 0 Å². The molecule has 0 fully saturated rings. The lowest BCUT2D eigenvalue weighted by Crippen LogP contribution is -2.31. The summed E-state index contributed by atoms with van der Waals surface area (Å²) in [6, 6.07) is 6.21. The lowest BCUT2D eigenvalue weighted by Gasteiger charge is -2.14. The molecule has 0 bridgehead atoms. The monoisotopic (exact) mass is 238 g/mol. The highest BCUT2D eigenvalue weighted by molar-refractivity contribution is 5.73. The highest BCUT2D eigenvalue weighted by atomic mass is 16.6. The molecule has 17 heavy (non-hydrogen) atoms. The first-order valence-corrected chi connectivity index (χ1v) is 5.05.